The van der Waals surface area contributed by atoms with Gasteiger partial charge in [-0.05, 0) is 94.4 Å². The van der Waals surface area contributed by atoms with Crippen molar-refractivity contribution in [2.45, 2.75) is 63.6 Å². The highest BCUT2D eigenvalue weighted by molar-refractivity contribution is 5.97. The molecular weight excluding hydrogens is 457 g/mol. The minimum absolute atomic E-state index is 0.0553. The van der Waals surface area contributed by atoms with E-state index in [0.717, 1.165) is 56.4 Å². The highest BCUT2D eigenvalue weighted by atomic mass is 19.1. The van der Waals surface area contributed by atoms with Crippen LogP contribution in [-0.2, 0) is 4.79 Å². The van der Waals surface area contributed by atoms with E-state index in [1.807, 2.05) is 24.3 Å². The molecule has 1 amide bonds. The van der Waals surface area contributed by atoms with E-state index < -0.39 is 29.7 Å². The number of rotatable bonds is 5. The first-order valence-corrected chi connectivity index (χ1v) is 13.2. The largest absolute Gasteiger partial charge is 0.481 e. The van der Waals surface area contributed by atoms with Crippen molar-refractivity contribution in [2.24, 2.45) is 11.8 Å². The highest BCUT2D eigenvalue weighted by Gasteiger charge is 2.50. The maximum Gasteiger partial charge on any atom is 0.308 e. The molecule has 1 saturated carbocycles. The Bertz CT molecular complexity index is 1090. The normalized spacial score (nSPS) is 27.0. The van der Waals surface area contributed by atoms with Crippen LogP contribution in [0, 0.1) is 24.6 Å². The lowest BCUT2D eigenvalue weighted by atomic mass is 9.76. The number of piperidine rings is 2. The summed E-state index contributed by atoms with van der Waals surface area (Å²) in [6.45, 7) is 3.86. The minimum Gasteiger partial charge on any atom is -0.481 e. The summed E-state index contributed by atoms with van der Waals surface area (Å²) in [5.74, 6) is -2.45. The highest BCUT2D eigenvalue weighted by Crippen LogP contribution is 2.48. The van der Waals surface area contributed by atoms with Gasteiger partial charge in [0.1, 0.15) is 5.82 Å². The molecular formula is C29H36FN3O3. The summed E-state index contributed by atoms with van der Waals surface area (Å²) in [5.41, 5.74) is 2.42. The van der Waals surface area contributed by atoms with E-state index in [2.05, 4.69) is 17.3 Å². The molecule has 0 radical (unpaired) electrons. The molecule has 36 heavy (non-hydrogen) atoms. The number of aliphatic carboxylic acids is 1. The number of fused-ring (bicyclic) bond motifs is 1. The number of carboxylic acids is 1. The number of nitrogens with one attached hydrogen (secondary N) is 1. The fourth-order valence-electron chi connectivity index (χ4n) is 6.62. The van der Waals surface area contributed by atoms with Crippen LogP contribution in [0.2, 0.25) is 0 Å². The van der Waals surface area contributed by atoms with Gasteiger partial charge in [-0.1, -0.05) is 30.7 Å². The predicted octanol–water partition coefficient (Wildman–Crippen LogP) is 5.10. The molecule has 1 aliphatic carbocycles. The minimum atomic E-state index is -0.901. The van der Waals surface area contributed by atoms with Crippen LogP contribution in [0.5, 0.6) is 0 Å². The maximum atomic E-state index is 14.9. The molecule has 3 aliphatic rings. The lowest BCUT2D eigenvalue weighted by molar-refractivity contribution is -0.147. The van der Waals surface area contributed by atoms with Gasteiger partial charge in [-0.3, -0.25) is 9.59 Å². The average Bonchev–Trinajstić information content (AvgIpc) is 3.33. The van der Waals surface area contributed by atoms with Crippen molar-refractivity contribution in [3.8, 4) is 0 Å². The molecule has 0 spiro atoms. The molecule has 2 aliphatic heterocycles. The van der Waals surface area contributed by atoms with E-state index in [9.17, 15) is 19.1 Å². The maximum absolute atomic E-state index is 14.9. The van der Waals surface area contributed by atoms with E-state index in [0.29, 0.717) is 18.0 Å². The van der Waals surface area contributed by atoms with E-state index >= 15 is 0 Å². The molecule has 2 aromatic rings. The first kappa shape index (κ1) is 24.8. The first-order chi connectivity index (χ1) is 17.3. The number of carbonyl (C=O) groups is 2. The van der Waals surface area contributed by atoms with Gasteiger partial charge in [0.2, 0.25) is 0 Å². The number of anilines is 1. The Balaban J connectivity index is 1.48. The van der Waals surface area contributed by atoms with Crippen molar-refractivity contribution < 1.29 is 19.1 Å². The zero-order valence-corrected chi connectivity index (χ0v) is 21.1. The van der Waals surface area contributed by atoms with Gasteiger partial charge in [0.15, 0.2) is 0 Å². The lowest BCUT2D eigenvalue weighted by Gasteiger charge is -2.47. The molecule has 4 unspecified atom stereocenters. The van der Waals surface area contributed by atoms with Gasteiger partial charge in [-0.25, -0.2) is 4.39 Å². The number of carbonyl (C=O) groups excluding carboxylic acids is 1. The van der Waals surface area contributed by atoms with Gasteiger partial charge < -0.3 is 20.2 Å². The monoisotopic (exact) mass is 493 g/mol. The zero-order chi connectivity index (χ0) is 25.4. The molecule has 7 heteroatoms. The summed E-state index contributed by atoms with van der Waals surface area (Å²) in [5, 5.41) is 13.8. The van der Waals surface area contributed by atoms with E-state index in [4.69, 9.17) is 0 Å². The van der Waals surface area contributed by atoms with Crippen molar-refractivity contribution in [1.29, 1.82) is 0 Å². The van der Waals surface area contributed by atoms with Gasteiger partial charge in [-0.15, -0.1) is 0 Å². The number of halogens is 1. The van der Waals surface area contributed by atoms with Gasteiger partial charge in [0, 0.05) is 17.8 Å². The van der Waals surface area contributed by atoms with Crippen LogP contribution in [0.1, 0.15) is 66.1 Å². The summed E-state index contributed by atoms with van der Waals surface area (Å²) < 4.78 is 14.9. The molecule has 5 rings (SSSR count). The van der Waals surface area contributed by atoms with Crippen molar-refractivity contribution in [3.05, 3.63) is 65.0 Å². The number of hydrogen-bond donors (Lipinski definition) is 2. The fourth-order valence-corrected chi connectivity index (χ4v) is 6.62. The third-order valence-corrected chi connectivity index (χ3v) is 8.54. The van der Waals surface area contributed by atoms with Crippen LogP contribution in [0.15, 0.2) is 42.5 Å². The average molecular weight is 494 g/mol. The van der Waals surface area contributed by atoms with Crippen molar-refractivity contribution >= 4 is 17.6 Å². The summed E-state index contributed by atoms with van der Waals surface area (Å²) in [6.07, 6.45) is 5.38. The fraction of sp³-hybridized carbons (Fsp3) is 0.517. The summed E-state index contributed by atoms with van der Waals surface area (Å²) in [4.78, 5) is 30.5. The van der Waals surface area contributed by atoms with Crippen LogP contribution in [0.25, 0.3) is 0 Å². The topological polar surface area (TPSA) is 72.9 Å². The predicted molar refractivity (Wildman–Crippen MR) is 138 cm³/mol. The van der Waals surface area contributed by atoms with Crippen LogP contribution in [0.4, 0.5) is 10.1 Å². The molecule has 3 fully saturated rings. The molecule has 2 N–H and O–H groups in total. The number of carboxylic acid groups (broad SMARTS) is 1. The second-order valence-corrected chi connectivity index (χ2v) is 10.9. The van der Waals surface area contributed by atoms with Crippen LogP contribution < -0.4 is 5.32 Å². The number of aryl methyl sites for hydroxylation is 1. The van der Waals surface area contributed by atoms with Gasteiger partial charge in [0.25, 0.3) is 5.91 Å². The number of likely N-dealkylation sites (tertiary alicyclic amines) is 2. The Morgan fingerprint density at radius 2 is 1.75 bits per heavy atom. The van der Waals surface area contributed by atoms with Crippen LogP contribution in [-0.4, -0.2) is 59.0 Å². The third kappa shape index (κ3) is 4.73. The molecule has 192 valence electrons. The zero-order valence-electron chi connectivity index (χ0n) is 21.1. The second kappa shape index (κ2) is 10.2. The Morgan fingerprint density at radius 1 is 1.03 bits per heavy atom. The SMILES string of the molecule is Cc1cccc(F)c1C(=O)N1C2CCCC2CC(C(=O)O)C1c1ccc(NC2CCN(C)CC2)cc1. The second-order valence-electron chi connectivity index (χ2n) is 10.9. The molecule has 0 aromatic heterocycles. The Morgan fingerprint density at radius 3 is 2.42 bits per heavy atom. The molecule has 2 aromatic carbocycles. The van der Waals surface area contributed by atoms with Crippen molar-refractivity contribution in [2.75, 3.05) is 25.5 Å². The van der Waals surface area contributed by atoms with E-state index in [-0.39, 0.29) is 17.5 Å². The number of amides is 1. The Labute approximate surface area is 212 Å². The quantitative estimate of drug-likeness (QED) is 0.607. The van der Waals surface area contributed by atoms with Gasteiger partial charge in [-0.2, -0.15) is 0 Å². The molecule has 0 bridgehead atoms. The van der Waals surface area contributed by atoms with Gasteiger partial charge >= 0.3 is 5.97 Å². The van der Waals surface area contributed by atoms with Crippen LogP contribution in [0.3, 0.4) is 0 Å². The van der Waals surface area contributed by atoms with E-state index in [1.54, 1.807) is 24.0 Å². The summed E-state index contributed by atoms with van der Waals surface area (Å²) in [7, 11) is 2.14. The van der Waals surface area contributed by atoms with E-state index in [1.165, 1.54) is 6.07 Å². The number of nitrogens with zero attached hydrogens (tertiary/aromatic N) is 2. The Hall–Kier alpha value is -2.93. The van der Waals surface area contributed by atoms with Gasteiger partial charge in [0.05, 0.1) is 17.5 Å². The van der Waals surface area contributed by atoms with Crippen molar-refractivity contribution in [3.63, 3.8) is 0 Å². The molecule has 6 nitrogen and oxygen atoms in total. The first-order valence-electron chi connectivity index (χ1n) is 13.2. The summed E-state index contributed by atoms with van der Waals surface area (Å²) >= 11 is 0. The van der Waals surface area contributed by atoms with Crippen LogP contribution >= 0.6 is 0 Å². The third-order valence-electron chi connectivity index (χ3n) is 8.54. The standard InChI is InChI=1S/C29H36FN3O3/c1-18-5-3-7-24(30)26(18)28(34)33-25-8-4-6-20(25)17-23(29(35)36)27(33)19-9-11-21(12-10-19)31-22-13-15-32(2)16-14-22/h3,5,7,9-12,20,22-23,25,27,31H,4,6,8,13-17H2,1-2H3,(H,35,36). The van der Waals surface area contributed by atoms with Crippen molar-refractivity contribution in [1.82, 2.24) is 9.80 Å². The molecule has 2 saturated heterocycles. The Kier molecular flexibility index (Phi) is 7.02. The smallest absolute Gasteiger partial charge is 0.308 e. The molecule has 2 heterocycles. The summed E-state index contributed by atoms with van der Waals surface area (Å²) in [6, 6.07) is 12.2. The molecule has 4 atom stereocenters. The number of benzene rings is 2. The lowest BCUT2D eigenvalue weighted by Crippen LogP contribution is -2.53. The number of hydrogen-bond acceptors (Lipinski definition) is 4.